The maximum atomic E-state index is 12.1. The van der Waals surface area contributed by atoms with Crippen molar-refractivity contribution in [3.8, 4) is 0 Å². The molecule has 3 N–H and O–H groups in total. The van der Waals surface area contributed by atoms with Crippen molar-refractivity contribution in [2.24, 2.45) is 11.7 Å². The highest BCUT2D eigenvalue weighted by Gasteiger charge is 2.21. The van der Waals surface area contributed by atoms with E-state index in [-0.39, 0.29) is 30.7 Å². The molecule has 1 aromatic carbocycles. The molecule has 1 atom stereocenters. The Bertz CT molecular complexity index is 502. The lowest BCUT2D eigenvalue weighted by molar-refractivity contribution is 0.384. The highest BCUT2D eigenvalue weighted by Crippen LogP contribution is 2.24. The maximum Gasteiger partial charge on any atom is 0.211 e. The summed E-state index contributed by atoms with van der Waals surface area (Å²) >= 11 is 0. The molecule has 21 heavy (non-hydrogen) atoms. The molecule has 1 saturated carbocycles. The van der Waals surface area contributed by atoms with E-state index in [1.807, 2.05) is 30.3 Å². The monoisotopic (exact) mass is 332 g/mol. The number of hydrogen-bond donors (Lipinski definition) is 2. The van der Waals surface area contributed by atoms with E-state index in [4.69, 9.17) is 5.73 Å². The number of nitrogens with two attached hydrogens (primary N) is 1. The summed E-state index contributed by atoms with van der Waals surface area (Å²) < 4.78 is 26.8. The maximum absolute atomic E-state index is 12.1. The van der Waals surface area contributed by atoms with Crippen LogP contribution < -0.4 is 10.5 Å². The second-order valence-electron chi connectivity index (χ2n) is 5.65. The molecule has 120 valence electrons. The summed E-state index contributed by atoms with van der Waals surface area (Å²) in [4.78, 5) is 0. The van der Waals surface area contributed by atoms with Gasteiger partial charge in [0.1, 0.15) is 0 Å². The summed E-state index contributed by atoms with van der Waals surface area (Å²) in [6.07, 6.45) is 5.62. The van der Waals surface area contributed by atoms with Gasteiger partial charge < -0.3 is 5.73 Å². The SMILES string of the molecule is Cl.NC(CNS(=O)(=O)CC1CCCCC1)c1ccccc1. The zero-order valence-corrected chi connectivity index (χ0v) is 13.8. The molecule has 0 bridgehead atoms. The minimum absolute atomic E-state index is 0. The fourth-order valence-electron chi connectivity index (χ4n) is 2.76. The molecule has 1 aliphatic rings. The van der Waals surface area contributed by atoms with E-state index in [0.717, 1.165) is 31.2 Å². The molecule has 6 heteroatoms. The lowest BCUT2D eigenvalue weighted by Gasteiger charge is -2.22. The average molecular weight is 333 g/mol. The molecule has 0 heterocycles. The van der Waals surface area contributed by atoms with Gasteiger partial charge >= 0.3 is 0 Å². The molecule has 1 fully saturated rings. The molecule has 0 radical (unpaired) electrons. The van der Waals surface area contributed by atoms with Gasteiger partial charge in [-0.25, -0.2) is 13.1 Å². The zero-order valence-electron chi connectivity index (χ0n) is 12.2. The van der Waals surface area contributed by atoms with Gasteiger partial charge in [0.05, 0.1) is 5.75 Å². The molecular weight excluding hydrogens is 308 g/mol. The fourth-order valence-corrected chi connectivity index (χ4v) is 4.26. The summed E-state index contributed by atoms with van der Waals surface area (Å²) in [5.41, 5.74) is 6.96. The van der Waals surface area contributed by atoms with Crippen LogP contribution in [0.25, 0.3) is 0 Å². The topological polar surface area (TPSA) is 72.2 Å². The molecule has 0 amide bonds. The summed E-state index contributed by atoms with van der Waals surface area (Å²) in [7, 11) is -3.21. The average Bonchev–Trinajstić information content (AvgIpc) is 2.46. The Morgan fingerprint density at radius 2 is 1.76 bits per heavy atom. The van der Waals surface area contributed by atoms with Crippen molar-refractivity contribution in [2.75, 3.05) is 12.3 Å². The second-order valence-corrected chi connectivity index (χ2v) is 7.50. The van der Waals surface area contributed by atoms with E-state index in [1.54, 1.807) is 0 Å². The number of halogens is 1. The van der Waals surface area contributed by atoms with E-state index in [9.17, 15) is 8.42 Å². The van der Waals surface area contributed by atoms with Crippen LogP contribution in [0.3, 0.4) is 0 Å². The Morgan fingerprint density at radius 1 is 1.14 bits per heavy atom. The third kappa shape index (κ3) is 6.34. The van der Waals surface area contributed by atoms with Crippen LogP contribution >= 0.6 is 12.4 Å². The Balaban J connectivity index is 0.00000220. The first-order valence-electron chi connectivity index (χ1n) is 7.35. The first-order chi connectivity index (χ1) is 9.57. The van der Waals surface area contributed by atoms with Crippen LogP contribution in [0.5, 0.6) is 0 Å². The number of benzene rings is 1. The van der Waals surface area contributed by atoms with E-state index >= 15 is 0 Å². The Hall–Kier alpha value is -0.620. The molecule has 2 rings (SSSR count). The van der Waals surface area contributed by atoms with Crippen molar-refractivity contribution < 1.29 is 8.42 Å². The minimum atomic E-state index is -3.21. The largest absolute Gasteiger partial charge is 0.323 e. The molecule has 0 aromatic heterocycles. The number of rotatable bonds is 6. The highest BCUT2D eigenvalue weighted by atomic mass is 35.5. The number of sulfonamides is 1. The molecule has 0 spiro atoms. The van der Waals surface area contributed by atoms with Crippen molar-refractivity contribution in [2.45, 2.75) is 38.1 Å². The molecular formula is C15H25ClN2O2S. The van der Waals surface area contributed by atoms with Gasteiger partial charge in [0.2, 0.25) is 10.0 Å². The van der Waals surface area contributed by atoms with Gasteiger partial charge in [-0.05, 0) is 24.3 Å². The Kier molecular flexibility index (Phi) is 7.66. The Labute approximate surface area is 134 Å². The standard InChI is InChI=1S/C15H24N2O2S.ClH/c16-15(14-9-5-2-6-10-14)11-17-20(18,19)12-13-7-3-1-4-8-13;/h2,5-6,9-10,13,15,17H,1,3-4,7-8,11-12,16H2;1H. The quantitative estimate of drug-likeness (QED) is 0.841. The number of hydrogen-bond acceptors (Lipinski definition) is 3. The third-order valence-electron chi connectivity index (χ3n) is 3.93. The van der Waals surface area contributed by atoms with Crippen LogP contribution in [0.4, 0.5) is 0 Å². The zero-order chi connectivity index (χ0) is 14.4. The van der Waals surface area contributed by atoms with Crippen LogP contribution in [0, 0.1) is 5.92 Å². The van der Waals surface area contributed by atoms with Gasteiger partial charge in [0.25, 0.3) is 0 Å². The van der Waals surface area contributed by atoms with Crippen LogP contribution in [0.2, 0.25) is 0 Å². The molecule has 1 unspecified atom stereocenters. The van der Waals surface area contributed by atoms with Crippen molar-refractivity contribution >= 4 is 22.4 Å². The van der Waals surface area contributed by atoms with Crippen molar-refractivity contribution in [3.63, 3.8) is 0 Å². The van der Waals surface area contributed by atoms with Gasteiger partial charge in [-0.3, -0.25) is 0 Å². The van der Waals surface area contributed by atoms with Crippen molar-refractivity contribution in [1.29, 1.82) is 0 Å². The van der Waals surface area contributed by atoms with Crippen LogP contribution in [0.15, 0.2) is 30.3 Å². The smallest absolute Gasteiger partial charge is 0.211 e. The van der Waals surface area contributed by atoms with Gasteiger partial charge in [0, 0.05) is 12.6 Å². The fraction of sp³-hybridized carbons (Fsp3) is 0.600. The summed E-state index contributed by atoms with van der Waals surface area (Å²) in [5, 5.41) is 0. The van der Waals surface area contributed by atoms with E-state index in [0.29, 0.717) is 5.92 Å². The van der Waals surface area contributed by atoms with E-state index in [2.05, 4.69) is 4.72 Å². The molecule has 1 aliphatic carbocycles. The van der Waals surface area contributed by atoms with E-state index < -0.39 is 10.0 Å². The second kappa shape index (κ2) is 8.73. The molecule has 0 saturated heterocycles. The summed E-state index contributed by atoms with van der Waals surface area (Å²) in [6.45, 7) is 0.263. The van der Waals surface area contributed by atoms with Crippen LogP contribution in [-0.2, 0) is 10.0 Å². The molecule has 0 aliphatic heterocycles. The Morgan fingerprint density at radius 3 is 2.38 bits per heavy atom. The molecule has 1 aromatic rings. The molecule has 4 nitrogen and oxygen atoms in total. The first-order valence-corrected chi connectivity index (χ1v) is 9.00. The van der Waals surface area contributed by atoms with Crippen molar-refractivity contribution in [1.82, 2.24) is 4.72 Å². The normalized spacial score (nSPS) is 18.0. The van der Waals surface area contributed by atoms with E-state index in [1.165, 1.54) is 6.42 Å². The van der Waals surface area contributed by atoms with Crippen LogP contribution in [0.1, 0.15) is 43.7 Å². The third-order valence-corrected chi connectivity index (χ3v) is 5.45. The summed E-state index contributed by atoms with van der Waals surface area (Å²) in [6, 6.07) is 9.28. The van der Waals surface area contributed by atoms with Crippen molar-refractivity contribution in [3.05, 3.63) is 35.9 Å². The minimum Gasteiger partial charge on any atom is -0.323 e. The van der Waals surface area contributed by atoms with Crippen LogP contribution in [-0.4, -0.2) is 20.7 Å². The summed E-state index contributed by atoms with van der Waals surface area (Å²) in [5.74, 6) is 0.559. The lowest BCUT2D eigenvalue weighted by Crippen LogP contribution is -2.35. The van der Waals surface area contributed by atoms with Gasteiger partial charge in [-0.15, -0.1) is 12.4 Å². The predicted octanol–water partition coefficient (Wildman–Crippen LogP) is 2.61. The predicted molar refractivity (Wildman–Crippen MR) is 89.0 cm³/mol. The number of nitrogens with one attached hydrogen (secondary N) is 1. The first kappa shape index (κ1) is 18.4. The van der Waals surface area contributed by atoms with Gasteiger partial charge in [-0.2, -0.15) is 0 Å². The van der Waals surface area contributed by atoms with Gasteiger partial charge in [-0.1, -0.05) is 49.6 Å². The lowest BCUT2D eigenvalue weighted by atomic mass is 9.91. The highest BCUT2D eigenvalue weighted by molar-refractivity contribution is 7.89. The van der Waals surface area contributed by atoms with Gasteiger partial charge in [0.15, 0.2) is 0 Å².